The number of halogens is 1. The van der Waals surface area contributed by atoms with E-state index in [4.69, 9.17) is 5.11 Å². The van der Waals surface area contributed by atoms with Gasteiger partial charge in [0.15, 0.2) is 11.6 Å². The number of nitrogens with zero attached hydrogens (tertiary/aromatic N) is 1. The first-order chi connectivity index (χ1) is 8.25. The van der Waals surface area contributed by atoms with Gasteiger partial charge in [-0.2, -0.15) is 5.10 Å². The predicted molar refractivity (Wildman–Crippen MR) is 65.7 cm³/mol. The lowest BCUT2D eigenvalue weighted by Crippen LogP contribution is -1.90. The van der Waals surface area contributed by atoms with Gasteiger partial charge in [0, 0.05) is 0 Å². The van der Waals surface area contributed by atoms with Crippen LogP contribution in [0.1, 0.15) is 5.56 Å². The van der Waals surface area contributed by atoms with E-state index in [0.717, 1.165) is 5.69 Å². The number of rotatable bonds is 3. The molecule has 17 heavy (non-hydrogen) atoms. The van der Waals surface area contributed by atoms with Crippen molar-refractivity contribution in [3.63, 3.8) is 0 Å². The molecule has 4 heteroatoms. The summed E-state index contributed by atoms with van der Waals surface area (Å²) in [4.78, 5) is 0. The highest BCUT2D eigenvalue weighted by molar-refractivity contribution is 5.80. The van der Waals surface area contributed by atoms with Crippen LogP contribution >= 0.6 is 0 Å². The maximum Gasteiger partial charge on any atom is 0.165 e. The minimum absolute atomic E-state index is 0.363. The highest BCUT2D eigenvalue weighted by atomic mass is 19.1. The molecule has 0 spiro atoms. The van der Waals surface area contributed by atoms with Crippen LogP contribution in [-0.2, 0) is 0 Å². The normalized spacial score (nSPS) is 10.6. The first kappa shape index (κ1) is 11.1. The first-order valence-corrected chi connectivity index (χ1v) is 5.08. The lowest BCUT2D eigenvalue weighted by molar-refractivity contribution is 0.432. The number of phenolic OH excluding ortho intramolecular Hbond substituents is 1. The van der Waals surface area contributed by atoms with Gasteiger partial charge in [-0.3, -0.25) is 5.43 Å². The van der Waals surface area contributed by atoms with Gasteiger partial charge in [-0.05, 0) is 35.9 Å². The smallest absolute Gasteiger partial charge is 0.165 e. The molecule has 0 saturated carbocycles. The second kappa shape index (κ2) is 5.12. The van der Waals surface area contributed by atoms with Crippen molar-refractivity contribution in [2.24, 2.45) is 5.10 Å². The predicted octanol–water partition coefficient (Wildman–Crippen LogP) is 2.98. The molecule has 0 bridgehead atoms. The molecule has 0 aromatic heterocycles. The highest BCUT2D eigenvalue weighted by Gasteiger charge is 1.99. The summed E-state index contributed by atoms with van der Waals surface area (Å²) >= 11 is 0. The third-order valence-corrected chi connectivity index (χ3v) is 2.15. The number of nitrogens with one attached hydrogen (secondary N) is 1. The zero-order valence-corrected chi connectivity index (χ0v) is 8.97. The van der Waals surface area contributed by atoms with Crippen LogP contribution in [0, 0.1) is 5.82 Å². The van der Waals surface area contributed by atoms with E-state index in [-0.39, 0.29) is 5.75 Å². The Bertz CT molecular complexity index is 526. The van der Waals surface area contributed by atoms with Crippen LogP contribution in [0.15, 0.2) is 53.6 Å². The summed E-state index contributed by atoms with van der Waals surface area (Å²) in [5.74, 6) is -1.02. The zero-order chi connectivity index (χ0) is 12.1. The average molecular weight is 230 g/mol. The summed E-state index contributed by atoms with van der Waals surface area (Å²) in [6, 6.07) is 13.5. The molecule has 2 N–H and O–H groups in total. The molecular weight excluding hydrogens is 219 g/mol. The van der Waals surface area contributed by atoms with Gasteiger partial charge >= 0.3 is 0 Å². The van der Waals surface area contributed by atoms with Crippen molar-refractivity contribution >= 4 is 11.9 Å². The van der Waals surface area contributed by atoms with E-state index < -0.39 is 5.82 Å². The Morgan fingerprint density at radius 2 is 1.88 bits per heavy atom. The molecule has 2 aromatic rings. The van der Waals surface area contributed by atoms with E-state index >= 15 is 0 Å². The van der Waals surface area contributed by atoms with Crippen LogP contribution in [0.3, 0.4) is 0 Å². The number of benzene rings is 2. The van der Waals surface area contributed by atoms with Crippen molar-refractivity contribution in [1.29, 1.82) is 0 Å². The van der Waals surface area contributed by atoms with Crippen LogP contribution in [-0.4, -0.2) is 11.3 Å². The maximum absolute atomic E-state index is 13.0. The number of phenols is 1. The number of anilines is 1. The van der Waals surface area contributed by atoms with Crippen molar-refractivity contribution in [1.82, 2.24) is 0 Å². The van der Waals surface area contributed by atoms with Crippen molar-refractivity contribution in [3.05, 3.63) is 59.9 Å². The molecule has 3 nitrogen and oxygen atoms in total. The SMILES string of the molecule is Oc1ccc(/C=N/Nc2ccccc2)cc1F. The fourth-order valence-corrected chi connectivity index (χ4v) is 1.30. The lowest BCUT2D eigenvalue weighted by atomic mass is 10.2. The summed E-state index contributed by atoms with van der Waals surface area (Å²) in [6.45, 7) is 0. The summed E-state index contributed by atoms with van der Waals surface area (Å²) in [5.41, 5.74) is 4.23. The number of aromatic hydroxyl groups is 1. The first-order valence-electron chi connectivity index (χ1n) is 5.08. The summed E-state index contributed by atoms with van der Waals surface area (Å²) in [7, 11) is 0. The van der Waals surface area contributed by atoms with Gasteiger partial charge in [0.25, 0.3) is 0 Å². The van der Waals surface area contributed by atoms with Crippen LogP contribution in [0.25, 0.3) is 0 Å². The fraction of sp³-hybridized carbons (Fsp3) is 0. The molecule has 0 aliphatic carbocycles. The standard InChI is InChI=1S/C13H11FN2O/c14-12-8-10(6-7-13(12)17)9-15-16-11-4-2-1-3-5-11/h1-9,16-17H/b15-9+. The molecule has 86 valence electrons. The van der Waals surface area contributed by atoms with Gasteiger partial charge in [-0.25, -0.2) is 4.39 Å². The Morgan fingerprint density at radius 1 is 1.12 bits per heavy atom. The van der Waals surface area contributed by atoms with Crippen LogP contribution in [0.4, 0.5) is 10.1 Å². The molecule has 0 atom stereocenters. The Kier molecular flexibility index (Phi) is 3.35. The van der Waals surface area contributed by atoms with Crippen molar-refractivity contribution < 1.29 is 9.50 Å². The van der Waals surface area contributed by atoms with Crippen LogP contribution in [0.2, 0.25) is 0 Å². The Labute approximate surface area is 98.2 Å². The monoisotopic (exact) mass is 230 g/mol. The third-order valence-electron chi connectivity index (χ3n) is 2.15. The van der Waals surface area contributed by atoms with E-state index in [2.05, 4.69) is 10.5 Å². The Balaban J connectivity index is 2.03. The topological polar surface area (TPSA) is 44.6 Å². The molecule has 0 heterocycles. The second-order valence-electron chi connectivity index (χ2n) is 3.45. The number of hydrogen-bond donors (Lipinski definition) is 2. The molecular formula is C13H11FN2O. The number of hydrogen-bond acceptors (Lipinski definition) is 3. The third kappa shape index (κ3) is 3.04. The Hall–Kier alpha value is -2.36. The molecule has 0 radical (unpaired) electrons. The average Bonchev–Trinajstić information content (AvgIpc) is 2.35. The lowest BCUT2D eigenvalue weighted by Gasteiger charge is -1.99. The zero-order valence-electron chi connectivity index (χ0n) is 8.97. The molecule has 0 saturated heterocycles. The fourth-order valence-electron chi connectivity index (χ4n) is 1.30. The van der Waals surface area contributed by atoms with E-state index in [1.54, 1.807) is 6.07 Å². The van der Waals surface area contributed by atoms with Crippen LogP contribution in [0.5, 0.6) is 5.75 Å². The minimum atomic E-state index is -0.659. The molecule has 0 aliphatic heterocycles. The van der Waals surface area contributed by atoms with Gasteiger partial charge in [0.1, 0.15) is 0 Å². The molecule has 0 unspecified atom stereocenters. The summed E-state index contributed by atoms with van der Waals surface area (Å²) < 4.78 is 13.0. The van der Waals surface area contributed by atoms with Crippen molar-refractivity contribution in [3.8, 4) is 5.75 Å². The van der Waals surface area contributed by atoms with Gasteiger partial charge in [-0.1, -0.05) is 18.2 Å². The van der Waals surface area contributed by atoms with Crippen molar-refractivity contribution in [2.45, 2.75) is 0 Å². The second-order valence-corrected chi connectivity index (χ2v) is 3.45. The molecule has 2 aromatic carbocycles. The van der Waals surface area contributed by atoms with E-state index in [9.17, 15) is 4.39 Å². The molecule has 0 amide bonds. The summed E-state index contributed by atoms with van der Waals surface area (Å²) in [5, 5.41) is 13.0. The number of hydrazone groups is 1. The Morgan fingerprint density at radius 3 is 2.59 bits per heavy atom. The number of para-hydroxylation sites is 1. The molecule has 0 aliphatic rings. The van der Waals surface area contributed by atoms with Crippen LogP contribution < -0.4 is 5.43 Å². The van der Waals surface area contributed by atoms with Gasteiger partial charge in [-0.15, -0.1) is 0 Å². The maximum atomic E-state index is 13.0. The molecule has 0 fully saturated rings. The van der Waals surface area contributed by atoms with Crippen molar-refractivity contribution in [2.75, 3.05) is 5.43 Å². The largest absolute Gasteiger partial charge is 0.505 e. The van der Waals surface area contributed by atoms with Gasteiger partial charge < -0.3 is 5.11 Å². The van der Waals surface area contributed by atoms with E-state index in [0.29, 0.717) is 5.56 Å². The quantitative estimate of drug-likeness (QED) is 0.629. The minimum Gasteiger partial charge on any atom is -0.505 e. The molecule has 2 rings (SSSR count). The van der Waals surface area contributed by atoms with E-state index in [1.807, 2.05) is 30.3 Å². The van der Waals surface area contributed by atoms with Gasteiger partial charge in [0.05, 0.1) is 11.9 Å². The summed E-state index contributed by atoms with van der Waals surface area (Å²) in [6.07, 6.45) is 1.48. The van der Waals surface area contributed by atoms with Gasteiger partial charge in [0.2, 0.25) is 0 Å². The van der Waals surface area contributed by atoms with E-state index in [1.165, 1.54) is 18.3 Å². The highest BCUT2D eigenvalue weighted by Crippen LogP contribution is 2.15.